The van der Waals surface area contributed by atoms with Crippen LogP contribution in [0.4, 0.5) is 0 Å². The standard InChI is InChI=1S/C14H19NO4S/c1-10-3-4-12(11(2)7-10)20-9-13(16)15-5-6-19-8-14(17)18/h3-4,7H,5-6,8-9H2,1-2H3,(H,15,16)(H,17,18). The maximum atomic E-state index is 11.6. The summed E-state index contributed by atoms with van der Waals surface area (Å²) in [6.45, 7) is 4.23. The number of carbonyl (C=O) groups excluding carboxylic acids is 1. The molecule has 0 atom stereocenters. The third-order valence-corrected chi connectivity index (χ3v) is 3.66. The highest BCUT2D eigenvalue weighted by Gasteiger charge is 2.05. The summed E-state index contributed by atoms with van der Waals surface area (Å²) < 4.78 is 4.82. The Balaban J connectivity index is 2.21. The lowest BCUT2D eigenvalue weighted by atomic mass is 10.2. The maximum Gasteiger partial charge on any atom is 0.329 e. The number of hydrogen-bond donors (Lipinski definition) is 2. The minimum Gasteiger partial charge on any atom is -0.480 e. The second-order valence-corrected chi connectivity index (χ2v) is 5.37. The number of rotatable bonds is 8. The lowest BCUT2D eigenvalue weighted by Gasteiger charge is -2.07. The molecule has 1 rings (SSSR count). The van der Waals surface area contributed by atoms with Gasteiger partial charge in [-0.3, -0.25) is 4.79 Å². The molecule has 0 spiro atoms. The first kappa shape index (κ1) is 16.5. The zero-order valence-electron chi connectivity index (χ0n) is 11.6. The highest BCUT2D eigenvalue weighted by Crippen LogP contribution is 2.22. The average Bonchev–Trinajstić information content (AvgIpc) is 2.37. The highest BCUT2D eigenvalue weighted by molar-refractivity contribution is 8.00. The predicted molar refractivity (Wildman–Crippen MR) is 78.1 cm³/mol. The number of nitrogens with one attached hydrogen (secondary N) is 1. The molecular weight excluding hydrogens is 278 g/mol. The quantitative estimate of drug-likeness (QED) is 0.563. The van der Waals surface area contributed by atoms with E-state index < -0.39 is 5.97 Å². The van der Waals surface area contributed by atoms with Crippen molar-refractivity contribution >= 4 is 23.6 Å². The molecule has 0 saturated heterocycles. The number of ether oxygens (including phenoxy) is 1. The van der Waals surface area contributed by atoms with Gasteiger partial charge in [0.2, 0.25) is 5.91 Å². The molecule has 0 saturated carbocycles. The largest absolute Gasteiger partial charge is 0.480 e. The molecule has 0 heterocycles. The smallest absolute Gasteiger partial charge is 0.329 e. The third kappa shape index (κ3) is 6.58. The van der Waals surface area contributed by atoms with Crippen LogP contribution in [0.15, 0.2) is 23.1 Å². The van der Waals surface area contributed by atoms with Gasteiger partial charge < -0.3 is 15.2 Å². The molecule has 0 aromatic heterocycles. The van der Waals surface area contributed by atoms with Gasteiger partial charge in [0.05, 0.1) is 12.4 Å². The Hall–Kier alpha value is -1.53. The molecule has 110 valence electrons. The van der Waals surface area contributed by atoms with Crippen molar-refractivity contribution in [2.45, 2.75) is 18.7 Å². The van der Waals surface area contributed by atoms with E-state index in [0.29, 0.717) is 12.3 Å². The number of amides is 1. The third-order valence-electron chi connectivity index (χ3n) is 2.48. The highest BCUT2D eigenvalue weighted by atomic mass is 32.2. The first-order chi connectivity index (χ1) is 9.49. The minimum atomic E-state index is -1.01. The summed E-state index contributed by atoms with van der Waals surface area (Å²) in [7, 11) is 0. The molecule has 6 heteroatoms. The van der Waals surface area contributed by atoms with Crippen LogP contribution in [0, 0.1) is 13.8 Å². The first-order valence-corrected chi connectivity index (χ1v) is 7.24. The number of hydrogen-bond acceptors (Lipinski definition) is 4. The Labute approximate surface area is 122 Å². The molecule has 0 fully saturated rings. The zero-order chi connectivity index (χ0) is 15.0. The van der Waals surface area contributed by atoms with E-state index >= 15 is 0 Å². The van der Waals surface area contributed by atoms with Crippen molar-refractivity contribution in [3.8, 4) is 0 Å². The van der Waals surface area contributed by atoms with Crippen molar-refractivity contribution in [3.63, 3.8) is 0 Å². The molecule has 2 N–H and O–H groups in total. The molecule has 1 aromatic carbocycles. The molecule has 0 radical (unpaired) electrons. The normalized spacial score (nSPS) is 10.3. The van der Waals surface area contributed by atoms with E-state index in [0.717, 1.165) is 10.5 Å². The maximum absolute atomic E-state index is 11.6. The van der Waals surface area contributed by atoms with Crippen molar-refractivity contribution in [3.05, 3.63) is 29.3 Å². The van der Waals surface area contributed by atoms with Crippen LogP contribution in [0.1, 0.15) is 11.1 Å². The molecule has 1 amide bonds. The van der Waals surface area contributed by atoms with Gasteiger partial charge >= 0.3 is 5.97 Å². The van der Waals surface area contributed by atoms with Gasteiger partial charge in [0.25, 0.3) is 0 Å². The van der Waals surface area contributed by atoms with Crippen LogP contribution in [-0.2, 0) is 14.3 Å². The second-order valence-electron chi connectivity index (χ2n) is 4.35. The first-order valence-electron chi connectivity index (χ1n) is 6.25. The van der Waals surface area contributed by atoms with E-state index in [2.05, 4.69) is 11.4 Å². The van der Waals surface area contributed by atoms with Crippen LogP contribution < -0.4 is 5.32 Å². The Morgan fingerprint density at radius 2 is 2.10 bits per heavy atom. The minimum absolute atomic E-state index is 0.0890. The fraction of sp³-hybridized carbons (Fsp3) is 0.429. The number of aliphatic carboxylic acids is 1. The summed E-state index contributed by atoms with van der Waals surface area (Å²) in [5.74, 6) is -0.765. The summed E-state index contributed by atoms with van der Waals surface area (Å²) >= 11 is 1.49. The fourth-order valence-corrected chi connectivity index (χ4v) is 2.42. The summed E-state index contributed by atoms with van der Waals surface area (Å²) in [5.41, 5.74) is 2.36. The Bertz CT molecular complexity index is 476. The van der Waals surface area contributed by atoms with Crippen molar-refractivity contribution in [2.24, 2.45) is 0 Å². The van der Waals surface area contributed by atoms with Gasteiger partial charge in [-0.15, -0.1) is 11.8 Å². The molecule has 20 heavy (non-hydrogen) atoms. The van der Waals surface area contributed by atoms with E-state index in [-0.39, 0.29) is 19.1 Å². The van der Waals surface area contributed by atoms with Gasteiger partial charge in [0.15, 0.2) is 0 Å². The van der Waals surface area contributed by atoms with E-state index in [1.54, 1.807) is 0 Å². The molecule has 0 bridgehead atoms. The van der Waals surface area contributed by atoms with Crippen molar-refractivity contribution in [2.75, 3.05) is 25.5 Å². The van der Waals surface area contributed by atoms with Crippen LogP contribution in [0.25, 0.3) is 0 Å². The predicted octanol–water partition coefficient (Wildman–Crippen LogP) is 1.61. The molecule has 5 nitrogen and oxygen atoms in total. The van der Waals surface area contributed by atoms with Crippen LogP contribution in [-0.4, -0.2) is 42.5 Å². The summed E-state index contributed by atoms with van der Waals surface area (Å²) in [4.78, 5) is 22.9. The van der Waals surface area contributed by atoms with E-state index in [1.165, 1.54) is 17.3 Å². The number of carboxylic acid groups (broad SMARTS) is 1. The van der Waals surface area contributed by atoms with E-state index in [4.69, 9.17) is 9.84 Å². The fourth-order valence-electron chi connectivity index (χ4n) is 1.58. The number of thioether (sulfide) groups is 1. The lowest BCUT2D eigenvalue weighted by Crippen LogP contribution is -2.29. The molecule has 0 aliphatic rings. The average molecular weight is 297 g/mol. The van der Waals surface area contributed by atoms with Gasteiger partial charge in [-0.2, -0.15) is 0 Å². The SMILES string of the molecule is Cc1ccc(SCC(=O)NCCOCC(=O)O)c(C)c1. The van der Waals surface area contributed by atoms with Crippen LogP contribution >= 0.6 is 11.8 Å². The van der Waals surface area contributed by atoms with E-state index in [1.807, 2.05) is 26.0 Å². The second kappa shape index (κ2) is 8.60. The monoisotopic (exact) mass is 297 g/mol. The van der Waals surface area contributed by atoms with Crippen molar-refractivity contribution in [1.82, 2.24) is 5.32 Å². The van der Waals surface area contributed by atoms with E-state index in [9.17, 15) is 9.59 Å². The Kier molecular flexibility index (Phi) is 7.11. The van der Waals surface area contributed by atoms with Gasteiger partial charge in [0, 0.05) is 11.4 Å². The Morgan fingerprint density at radius 3 is 2.75 bits per heavy atom. The number of carboxylic acids is 1. The van der Waals surface area contributed by atoms with Crippen molar-refractivity contribution in [1.29, 1.82) is 0 Å². The van der Waals surface area contributed by atoms with Gasteiger partial charge in [-0.1, -0.05) is 17.7 Å². The summed E-state index contributed by atoms with van der Waals surface area (Å²) in [6.07, 6.45) is 0. The zero-order valence-corrected chi connectivity index (χ0v) is 12.5. The molecule has 0 unspecified atom stereocenters. The summed E-state index contributed by atoms with van der Waals surface area (Å²) in [6, 6.07) is 6.12. The van der Waals surface area contributed by atoms with Crippen LogP contribution in [0.3, 0.4) is 0 Å². The molecule has 1 aromatic rings. The van der Waals surface area contributed by atoms with Crippen LogP contribution in [0.5, 0.6) is 0 Å². The molecule has 0 aliphatic carbocycles. The van der Waals surface area contributed by atoms with Gasteiger partial charge in [-0.05, 0) is 25.5 Å². The van der Waals surface area contributed by atoms with Crippen molar-refractivity contribution < 1.29 is 19.4 Å². The van der Waals surface area contributed by atoms with Gasteiger partial charge in [0.1, 0.15) is 6.61 Å². The molecule has 0 aliphatic heterocycles. The van der Waals surface area contributed by atoms with Gasteiger partial charge in [-0.25, -0.2) is 4.79 Å². The number of carbonyl (C=O) groups is 2. The number of aryl methyl sites for hydroxylation is 2. The number of benzene rings is 1. The lowest BCUT2D eigenvalue weighted by molar-refractivity contribution is -0.142. The molecular formula is C14H19NO4S. The summed E-state index contributed by atoms with van der Waals surface area (Å²) in [5, 5.41) is 11.0. The van der Waals surface area contributed by atoms with Crippen LogP contribution in [0.2, 0.25) is 0 Å². The topological polar surface area (TPSA) is 75.6 Å². The Morgan fingerprint density at radius 1 is 1.35 bits per heavy atom.